The number of hydrogen-bond acceptors (Lipinski definition) is 2. The molecule has 0 amide bonds. The van der Waals surface area contributed by atoms with E-state index < -0.39 is 10.8 Å². The van der Waals surface area contributed by atoms with Crippen LogP contribution in [0.5, 0.6) is 0 Å². The Hall–Kier alpha value is -15.5. The van der Waals surface area contributed by atoms with Gasteiger partial charge in [0.15, 0.2) is 0 Å². The number of hydrogen-bond donors (Lipinski definition) is 0. The highest BCUT2D eigenvalue weighted by Crippen LogP contribution is 2.70. The van der Waals surface area contributed by atoms with Crippen LogP contribution in [-0.4, -0.2) is 0 Å². The number of para-hydroxylation sites is 4. The Morgan fingerprint density at radius 3 is 0.921 bits per heavy atom. The molecule has 0 unspecified atom stereocenters. The van der Waals surface area contributed by atoms with Crippen LogP contribution in [0.1, 0.15) is 94.5 Å². The Morgan fingerprint density at radius 2 is 0.437 bits per heavy atom. The summed E-state index contributed by atoms with van der Waals surface area (Å²) in [6.45, 7) is 9.60. The highest BCUT2D eigenvalue weighted by atomic mass is 15.2. The zero-order valence-electron chi connectivity index (χ0n) is 70.5. The largest absolute Gasteiger partial charge is 0.309 e. The van der Waals surface area contributed by atoms with E-state index in [2.05, 4.69) is 474 Å². The van der Waals surface area contributed by atoms with Gasteiger partial charge in [-0.15, -0.1) is 0 Å². The fourth-order valence-corrected chi connectivity index (χ4v) is 24.4. The van der Waals surface area contributed by atoms with Gasteiger partial charge in [-0.3, -0.25) is 0 Å². The summed E-state index contributed by atoms with van der Waals surface area (Å²) in [5, 5.41) is 4.72. The smallest absolute Gasteiger partial charge is 0.0746 e. The lowest BCUT2D eigenvalue weighted by Crippen LogP contribution is -2.28. The second-order valence-corrected chi connectivity index (χ2v) is 36.2. The van der Waals surface area contributed by atoms with Crippen LogP contribution in [0.15, 0.2) is 437 Å². The van der Waals surface area contributed by atoms with E-state index in [4.69, 9.17) is 0 Å². The highest BCUT2D eigenvalue weighted by molar-refractivity contribution is 6.13. The Morgan fingerprint density at radius 1 is 0.159 bits per heavy atom. The maximum atomic E-state index is 2.69. The average Bonchev–Trinajstić information content (AvgIpc) is 1.50. The van der Waals surface area contributed by atoms with Gasteiger partial charge in [0.2, 0.25) is 0 Å². The minimum absolute atomic E-state index is 0.216. The van der Waals surface area contributed by atoms with Crippen molar-refractivity contribution in [3.63, 3.8) is 0 Å². The van der Waals surface area contributed by atoms with Crippen LogP contribution in [0.3, 0.4) is 0 Å². The molecule has 0 N–H and O–H groups in total. The molecule has 2 nitrogen and oxygen atoms in total. The second-order valence-electron chi connectivity index (χ2n) is 36.2. The molecule has 0 radical (unpaired) electrons. The van der Waals surface area contributed by atoms with Gasteiger partial charge in [0.25, 0.3) is 0 Å². The fraction of sp³-hybridized carbons (Fsp3) is 0.0645. The second kappa shape index (κ2) is 27.0. The summed E-state index contributed by atoms with van der Waals surface area (Å²) in [6, 6.07) is 168. The number of anilines is 6. The minimum atomic E-state index is -0.808. The molecule has 6 aliphatic carbocycles. The first-order chi connectivity index (χ1) is 62.1. The van der Waals surface area contributed by atoms with Gasteiger partial charge in [0.1, 0.15) is 0 Å². The van der Waals surface area contributed by atoms with Gasteiger partial charge in [0, 0.05) is 44.2 Å². The molecule has 0 atom stereocenters. The van der Waals surface area contributed by atoms with E-state index >= 15 is 0 Å². The Balaban J connectivity index is 0.743. The van der Waals surface area contributed by atoms with Crippen molar-refractivity contribution in [2.24, 2.45) is 0 Å². The topological polar surface area (TPSA) is 6.48 Å². The van der Waals surface area contributed by atoms with Crippen LogP contribution in [0.25, 0.3) is 144 Å². The third-order valence-corrected chi connectivity index (χ3v) is 29.5. The average molecular weight is 1600 g/mol. The molecule has 0 aromatic heterocycles. The molecule has 590 valence electrons. The first kappa shape index (κ1) is 72.2. The van der Waals surface area contributed by atoms with E-state index in [1.54, 1.807) is 0 Å². The van der Waals surface area contributed by atoms with Crippen LogP contribution in [0.4, 0.5) is 34.1 Å². The summed E-state index contributed by atoms with van der Waals surface area (Å²) in [5.41, 5.74) is 47.1. The first-order valence-corrected chi connectivity index (χ1v) is 44.5. The summed E-state index contributed by atoms with van der Waals surface area (Å²) < 4.78 is 0. The molecule has 0 saturated heterocycles. The van der Waals surface area contributed by atoms with Crippen molar-refractivity contribution in [1.29, 1.82) is 0 Å². The molecule has 0 saturated carbocycles. The molecular weight excluding hydrogens is 1520 g/mol. The van der Waals surface area contributed by atoms with Crippen molar-refractivity contribution in [1.82, 2.24) is 0 Å². The molecule has 2 spiro atoms. The molecule has 0 aliphatic heterocycles. The first-order valence-electron chi connectivity index (χ1n) is 44.5. The molecular formula is C124H84N2. The Kier molecular flexibility index (Phi) is 15.5. The van der Waals surface area contributed by atoms with Crippen molar-refractivity contribution in [2.75, 3.05) is 9.80 Å². The molecule has 6 aliphatic rings. The molecule has 20 aromatic rings. The number of benzene rings is 20. The van der Waals surface area contributed by atoms with E-state index in [9.17, 15) is 0 Å². The van der Waals surface area contributed by atoms with Crippen LogP contribution in [0, 0.1) is 0 Å². The lowest BCUT2D eigenvalue weighted by Gasteiger charge is -2.37. The minimum Gasteiger partial charge on any atom is -0.309 e. The summed E-state index contributed by atoms with van der Waals surface area (Å²) in [6.07, 6.45) is 0. The van der Waals surface area contributed by atoms with Gasteiger partial charge >= 0.3 is 0 Å². The van der Waals surface area contributed by atoms with Crippen LogP contribution in [0.2, 0.25) is 0 Å². The Labute approximate surface area is 735 Å². The van der Waals surface area contributed by atoms with Gasteiger partial charge in [0.05, 0.1) is 45.0 Å². The van der Waals surface area contributed by atoms with Gasteiger partial charge in [-0.2, -0.15) is 0 Å². The lowest BCUT2D eigenvalue weighted by molar-refractivity contribution is 0.660. The number of fused-ring (bicyclic) bond motifs is 28. The highest BCUT2D eigenvalue weighted by Gasteiger charge is 2.56. The maximum Gasteiger partial charge on any atom is 0.0746 e. The van der Waals surface area contributed by atoms with E-state index in [0.29, 0.717) is 0 Å². The fourth-order valence-electron chi connectivity index (χ4n) is 24.4. The SMILES string of the molecule is CC1(C)c2ccccc2-c2c(-c3ccccc3N(c3ccccc3-c3ccc4cccc(-c5ccc(N(c6ccccc6-c6cccc7c6-c6ccccc6C7(C)C)c6ccccc6-c6cccc7ccccc67)c6c5-c5ccccc5C65c6ccccc6-c6ccccc65)c4c3)c3cccc4c3C3(c5ccccc5-c5ccccc53)c3ccccc3-4)cccc21. The molecule has 0 bridgehead atoms. The predicted octanol–water partition coefficient (Wildman–Crippen LogP) is 32.6. The van der Waals surface area contributed by atoms with Gasteiger partial charge < -0.3 is 9.80 Å². The van der Waals surface area contributed by atoms with Gasteiger partial charge in [-0.05, 0) is 220 Å². The molecule has 0 heterocycles. The van der Waals surface area contributed by atoms with E-state index in [1.807, 2.05) is 0 Å². The normalized spacial score (nSPS) is 14.3. The van der Waals surface area contributed by atoms with Crippen LogP contribution < -0.4 is 9.80 Å². The monoisotopic (exact) mass is 1600 g/mol. The summed E-state index contributed by atoms with van der Waals surface area (Å²) >= 11 is 0. The predicted molar refractivity (Wildman–Crippen MR) is 526 cm³/mol. The van der Waals surface area contributed by atoms with Crippen molar-refractivity contribution in [3.05, 3.63) is 504 Å². The summed E-state index contributed by atoms with van der Waals surface area (Å²) in [7, 11) is 0. The lowest BCUT2D eigenvalue weighted by atomic mass is 9.69. The van der Waals surface area contributed by atoms with Gasteiger partial charge in [-0.25, -0.2) is 0 Å². The van der Waals surface area contributed by atoms with Crippen molar-refractivity contribution in [3.8, 4) is 122 Å². The van der Waals surface area contributed by atoms with Crippen molar-refractivity contribution in [2.45, 2.75) is 49.4 Å². The van der Waals surface area contributed by atoms with E-state index in [-0.39, 0.29) is 10.8 Å². The Bertz CT molecular complexity index is 7970. The number of nitrogens with zero attached hydrogens (tertiary/aromatic N) is 2. The number of rotatable bonds is 11. The zero-order chi connectivity index (χ0) is 83.5. The molecule has 126 heavy (non-hydrogen) atoms. The van der Waals surface area contributed by atoms with Crippen molar-refractivity contribution < 1.29 is 0 Å². The standard InChI is InChI=1S/C124H84N2/c1-121(2)100-57-19-12-49-96(100)116-92(54-33-65-108(116)121)90-47-17-29-69-112(90)125(114-71-35-56-95-88-45-11-25-63-106(88)123(119(95)114)102-59-21-7-41-84(102)85-42-8-22-60-103(85)123)110-67-27-15-40-81(110)79-73-72-78-38-32-53-83(99(78)76-79)94-74-75-115(120-118(94)98-51-14-26-64-107(98)124(120)104-61-23-9-43-86(104)87-44-10-24-62-105(87)124)126(111-68-28-16-46-89(111)82-52-31-37-77-36-5-6-39-80(77)82)113-70-30-18-48-91(113)93-55-34-66-109-117(93)97-50-13-20-58-101(97)122(109,3)4/h5-76H,1-4H3. The zero-order valence-corrected chi connectivity index (χ0v) is 70.5. The molecule has 26 rings (SSSR count). The molecule has 2 heteroatoms. The summed E-state index contributed by atoms with van der Waals surface area (Å²) in [4.78, 5) is 5.37. The maximum absolute atomic E-state index is 2.69. The summed E-state index contributed by atoms with van der Waals surface area (Å²) in [5.74, 6) is 0. The third-order valence-electron chi connectivity index (χ3n) is 29.5. The van der Waals surface area contributed by atoms with Crippen LogP contribution >= 0.6 is 0 Å². The van der Waals surface area contributed by atoms with Crippen LogP contribution in [-0.2, 0) is 21.7 Å². The van der Waals surface area contributed by atoms with E-state index in [1.165, 1.54) is 167 Å². The van der Waals surface area contributed by atoms with Gasteiger partial charge in [-0.1, -0.05) is 422 Å². The third kappa shape index (κ3) is 9.71. The quantitative estimate of drug-likeness (QED) is 0.127. The van der Waals surface area contributed by atoms with E-state index in [0.717, 1.165) is 78.3 Å². The molecule has 20 aromatic carbocycles. The molecule has 0 fully saturated rings. The van der Waals surface area contributed by atoms with Crippen molar-refractivity contribution >= 4 is 55.7 Å².